The largest absolute Gasteiger partial charge is 0.495 e. The molecule has 1 N–H and O–H groups in total. The minimum Gasteiger partial charge on any atom is -0.495 e. The number of hydrogen-bond donors (Lipinski definition) is 1. The Balaban J connectivity index is 1.63. The van der Waals surface area contributed by atoms with E-state index in [2.05, 4.69) is 21.9 Å². The predicted octanol–water partition coefficient (Wildman–Crippen LogP) is 3.20. The first-order valence-corrected chi connectivity index (χ1v) is 11.7. The van der Waals surface area contributed by atoms with E-state index < -0.39 is 6.03 Å². The van der Waals surface area contributed by atoms with Crippen LogP contribution in [0.2, 0.25) is 10.0 Å². The SMILES string of the molecule is C=CC(=O)N(C)[C@@H]1COC[C@@H]1Nc1ncc2c(n1)N(C)C(=O)N(c1c(Cl)c(OC)cc(OC)c1Cl)C2. The average Bonchev–Trinajstić information content (AvgIpc) is 3.34. The predicted molar refractivity (Wildman–Crippen MR) is 137 cm³/mol. The van der Waals surface area contributed by atoms with E-state index in [0.29, 0.717) is 42.0 Å². The van der Waals surface area contributed by atoms with Crippen LogP contribution in [0.1, 0.15) is 5.56 Å². The lowest BCUT2D eigenvalue weighted by Crippen LogP contribution is -2.47. The summed E-state index contributed by atoms with van der Waals surface area (Å²) in [5.74, 6) is 1.17. The summed E-state index contributed by atoms with van der Waals surface area (Å²) in [6, 6.07) is 0.698. The highest BCUT2D eigenvalue weighted by molar-refractivity contribution is 6.42. The van der Waals surface area contributed by atoms with Crippen molar-refractivity contribution in [2.45, 2.75) is 18.6 Å². The zero-order valence-corrected chi connectivity index (χ0v) is 21.8. The Morgan fingerprint density at radius 1 is 1.28 bits per heavy atom. The van der Waals surface area contributed by atoms with E-state index in [4.69, 9.17) is 37.4 Å². The van der Waals surface area contributed by atoms with Gasteiger partial charge in [0, 0.05) is 31.9 Å². The Morgan fingerprint density at radius 3 is 2.56 bits per heavy atom. The number of fused-ring (bicyclic) bond motifs is 1. The van der Waals surface area contributed by atoms with Gasteiger partial charge in [-0.3, -0.25) is 14.6 Å². The lowest BCUT2D eigenvalue weighted by atomic mass is 10.1. The van der Waals surface area contributed by atoms with E-state index in [-0.39, 0.29) is 40.3 Å². The number of carbonyl (C=O) groups is 2. The van der Waals surface area contributed by atoms with Gasteiger partial charge in [-0.25, -0.2) is 9.78 Å². The number of aromatic nitrogens is 2. The average molecular weight is 537 g/mol. The quantitative estimate of drug-likeness (QED) is 0.537. The van der Waals surface area contributed by atoms with Crippen LogP contribution < -0.4 is 24.6 Å². The highest BCUT2D eigenvalue weighted by Crippen LogP contribution is 2.47. The Kier molecular flexibility index (Phi) is 7.43. The summed E-state index contributed by atoms with van der Waals surface area (Å²) in [5.41, 5.74) is 0.940. The third-order valence-corrected chi connectivity index (χ3v) is 6.94. The van der Waals surface area contributed by atoms with Gasteiger partial charge >= 0.3 is 6.03 Å². The minimum atomic E-state index is -0.398. The molecule has 1 aromatic heterocycles. The summed E-state index contributed by atoms with van der Waals surface area (Å²) in [4.78, 5) is 38.8. The molecule has 2 aromatic rings. The third kappa shape index (κ3) is 4.49. The number of halogens is 2. The van der Waals surface area contributed by atoms with E-state index >= 15 is 0 Å². The second-order valence-corrected chi connectivity index (χ2v) is 8.99. The Morgan fingerprint density at radius 2 is 1.94 bits per heavy atom. The molecule has 11 nitrogen and oxygen atoms in total. The normalized spacial score (nSPS) is 19.1. The number of likely N-dealkylation sites (N-methyl/N-ethyl adjacent to an activating group) is 1. The van der Waals surface area contributed by atoms with Crippen molar-refractivity contribution < 1.29 is 23.8 Å². The van der Waals surface area contributed by atoms with Crippen molar-refractivity contribution in [3.63, 3.8) is 0 Å². The van der Waals surface area contributed by atoms with Crippen molar-refractivity contribution in [3.05, 3.63) is 40.5 Å². The monoisotopic (exact) mass is 536 g/mol. The van der Waals surface area contributed by atoms with Gasteiger partial charge in [0.15, 0.2) is 0 Å². The molecule has 192 valence electrons. The maximum absolute atomic E-state index is 13.4. The molecule has 1 fully saturated rings. The summed E-state index contributed by atoms with van der Waals surface area (Å²) >= 11 is 13.1. The molecule has 2 atom stereocenters. The van der Waals surface area contributed by atoms with E-state index in [1.807, 2.05) is 0 Å². The van der Waals surface area contributed by atoms with Gasteiger partial charge in [0.05, 0.1) is 51.7 Å². The van der Waals surface area contributed by atoms with Crippen LogP contribution in [-0.2, 0) is 16.1 Å². The van der Waals surface area contributed by atoms with E-state index in [0.717, 1.165) is 0 Å². The first-order chi connectivity index (χ1) is 17.2. The number of benzene rings is 1. The van der Waals surface area contributed by atoms with Crippen molar-refractivity contribution in [2.75, 3.05) is 56.6 Å². The molecule has 36 heavy (non-hydrogen) atoms. The van der Waals surface area contributed by atoms with Gasteiger partial charge in [0.25, 0.3) is 0 Å². The number of nitrogens with one attached hydrogen (secondary N) is 1. The van der Waals surface area contributed by atoms with Gasteiger partial charge < -0.3 is 24.4 Å². The lowest BCUT2D eigenvalue weighted by molar-refractivity contribution is -0.126. The number of ether oxygens (including phenoxy) is 3. The molecule has 0 aliphatic carbocycles. The zero-order chi connectivity index (χ0) is 26.1. The fourth-order valence-corrected chi connectivity index (χ4v) is 4.90. The molecule has 2 aliphatic heterocycles. The van der Waals surface area contributed by atoms with Crippen LogP contribution in [0.5, 0.6) is 11.5 Å². The number of amides is 3. The maximum Gasteiger partial charge on any atom is 0.330 e. The molecular weight excluding hydrogens is 511 g/mol. The Labute approximate surface area is 218 Å². The van der Waals surface area contributed by atoms with Crippen LogP contribution in [0.25, 0.3) is 0 Å². The molecule has 0 bridgehead atoms. The molecule has 1 saturated heterocycles. The maximum atomic E-state index is 13.4. The summed E-state index contributed by atoms with van der Waals surface area (Å²) in [5, 5.41) is 3.58. The summed E-state index contributed by atoms with van der Waals surface area (Å²) in [6.45, 7) is 4.40. The molecular formula is C23H26Cl2N6O5. The van der Waals surface area contributed by atoms with Crippen LogP contribution in [-0.4, -0.2) is 80.4 Å². The second-order valence-electron chi connectivity index (χ2n) is 8.24. The zero-order valence-electron chi connectivity index (χ0n) is 20.2. The minimum absolute atomic E-state index is 0.125. The van der Waals surface area contributed by atoms with Crippen molar-refractivity contribution in [1.82, 2.24) is 14.9 Å². The van der Waals surface area contributed by atoms with Crippen LogP contribution in [0, 0.1) is 0 Å². The van der Waals surface area contributed by atoms with Crippen LogP contribution >= 0.6 is 23.2 Å². The number of hydrogen-bond acceptors (Lipinski definition) is 8. The molecule has 2 aliphatic rings. The van der Waals surface area contributed by atoms with Crippen molar-refractivity contribution in [2.24, 2.45) is 0 Å². The Bertz CT molecular complexity index is 1180. The van der Waals surface area contributed by atoms with E-state index in [9.17, 15) is 9.59 Å². The fourth-order valence-electron chi connectivity index (χ4n) is 4.20. The highest BCUT2D eigenvalue weighted by Gasteiger charge is 2.36. The van der Waals surface area contributed by atoms with Gasteiger partial charge in [-0.2, -0.15) is 4.98 Å². The standard InChI is InChI=1S/C23H26Cl2N6O5/c1-6-17(32)29(2)14-11-36-10-13(14)27-22-26-8-12-9-31(23(33)30(3)21(12)28-22)20-18(24)15(34-4)7-16(35-5)19(20)25/h6-8,13-14H,1,9-11H2,2-5H3,(H,26,27,28)/t13-,14+/m0/s1. The lowest BCUT2D eigenvalue weighted by Gasteiger charge is -2.35. The molecule has 3 heterocycles. The Hall–Kier alpha value is -3.28. The molecule has 3 amide bonds. The fraction of sp³-hybridized carbons (Fsp3) is 0.391. The molecule has 0 spiro atoms. The first-order valence-electron chi connectivity index (χ1n) is 11.0. The van der Waals surface area contributed by atoms with Crippen molar-refractivity contribution >= 4 is 52.6 Å². The van der Waals surface area contributed by atoms with Crippen molar-refractivity contribution in [3.8, 4) is 11.5 Å². The molecule has 13 heteroatoms. The van der Waals surface area contributed by atoms with Crippen LogP contribution in [0.15, 0.2) is 24.9 Å². The van der Waals surface area contributed by atoms with Gasteiger partial charge in [-0.1, -0.05) is 29.8 Å². The number of urea groups is 1. The topological polar surface area (TPSA) is 109 Å². The van der Waals surface area contributed by atoms with Gasteiger partial charge in [0.1, 0.15) is 27.4 Å². The van der Waals surface area contributed by atoms with Gasteiger partial charge in [-0.15, -0.1) is 0 Å². The van der Waals surface area contributed by atoms with Gasteiger partial charge in [-0.05, 0) is 6.08 Å². The molecule has 0 radical (unpaired) electrons. The number of nitrogens with zero attached hydrogens (tertiary/aromatic N) is 5. The number of methoxy groups -OCH3 is 2. The molecule has 0 unspecified atom stereocenters. The number of rotatable bonds is 7. The van der Waals surface area contributed by atoms with Crippen molar-refractivity contribution in [1.29, 1.82) is 0 Å². The van der Waals surface area contributed by atoms with Crippen LogP contribution in [0.4, 0.5) is 22.2 Å². The summed E-state index contributed by atoms with van der Waals surface area (Å²) in [7, 11) is 6.22. The summed E-state index contributed by atoms with van der Waals surface area (Å²) < 4.78 is 16.2. The molecule has 4 rings (SSSR count). The number of carbonyl (C=O) groups excluding carboxylic acids is 2. The molecule has 0 saturated carbocycles. The smallest absolute Gasteiger partial charge is 0.330 e. The summed E-state index contributed by atoms with van der Waals surface area (Å²) in [6.07, 6.45) is 2.89. The highest BCUT2D eigenvalue weighted by atomic mass is 35.5. The third-order valence-electron chi connectivity index (χ3n) is 6.21. The first kappa shape index (κ1) is 25.8. The van der Waals surface area contributed by atoms with E-state index in [1.54, 1.807) is 31.3 Å². The number of anilines is 3. The van der Waals surface area contributed by atoms with Crippen LogP contribution in [0.3, 0.4) is 0 Å². The van der Waals surface area contributed by atoms with E-state index in [1.165, 1.54) is 30.1 Å². The molecule has 1 aromatic carbocycles. The second kappa shape index (κ2) is 10.4. The van der Waals surface area contributed by atoms with Gasteiger partial charge in [0.2, 0.25) is 11.9 Å².